The van der Waals surface area contributed by atoms with Gasteiger partial charge in [0.15, 0.2) is 0 Å². The van der Waals surface area contributed by atoms with Crippen molar-refractivity contribution < 1.29 is 4.79 Å². The summed E-state index contributed by atoms with van der Waals surface area (Å²) in [5.74, 6) is -0.378. The van der Waals surface area contributed by atoms with Crippen molar-refractivity contribution in [1.29, 1.82) is 0 Å². The summed E-state index contributed by atoms with van der Waals surface area (Å²) >= 11 is 12.6. The molecule has 0 saturated carbocycles. The van der Waals surface area contributed by atoms with Crippen LogP contribution >= 0.6 is 23.2 Å². The van der Waals surface area contributed by atoms with Crippen LogP contribution in [0.1, 0.15) is 38.9 Å². The first kappa shape index (κ1) is 26.7. The van der Waals surface area contributed by atoms with Crippen LogP contribution in [0.5, 0.6) is 0 Å². The van der Waals surface area contributed by atoms with E-state index in [1.807, 2.05) is 96.7 Å². The number of nitrogens with one attached hydrogen (secondary N) is 1. The number of imidazole rings is 1. The molecule has 3 aromatic heterocycles. The third-order valence-corrected chi connectivity index (χ3v) is 7.53. The van der Waals surface area contributed by atoms with E-state index in [0.717, 1.165) is 39.0 Å². The van der Waals surface area contributed by atoms with Gasteiger partial charge >= 0.3 is 0 Å². The lowest BCUT2D eigenvalue weighted by Gasteiger charge is -2.20. The Hall–Kier alpha value is -4.52. The minimum absolute atomic E-state index is 0.0993. The molecule has 6 rings (SSSR count). The highest BCUT2D eigenvalue weighted by Crippen LogP contribution is 2.37. The molecule has 0 bridgehead atoms. The third kappa shape index (κ3) is 5.71. The van der Waals surface area contributed by atoms with Gasteiger partial charge in [0, 0.05) is 40.6 Å². The first-order valence-electron chi connectivity index (χ1n) is 13.1. The number of hydrogen-bond donors (Lipinski definition) is 1. The standard InChI is InChI=1S/C33H25Cl2N5O/c1-40-20-36-19-31(40)32(21-8-11-24(34)12-9-21)23-10-13-29-28(16-23)27(22-5-4-6-25(35)15-22)17-30(39-29)33(41)38-18-26-7-2-3-14-37-26/h2-17,19-20,32H,18H2,1H3,(H,38,41). The van der Waals surface area contributed by atoms with Gasteiger partial charge < -0.3 is 9.88 Å². The van der Waals surface area contributed by atoms with Crippen LogP contribution in [0.2, 0.25) is 10.0 Å². The second-order valence-corrected chi connectivity index (χ2v) is 10.6. The topological polar surface area (TPSA) is 72.7 Å². The van der Waals surface area contributed by atoms with Gasteiger partial charge in [0.2, 0.25) is 0 Å². The smallest absolute Gasteiger partial charge is 0.270 e. The molecule has 3 aromatic carbocycles. The molecule has 0 aliphatic heterocycles. The summed E-state index contributed by atoms with van der Waals surface area (Å²) < 4.78 is 2.02. The highest BCUT2D eigenvalue weighted by molar-refractivity contribution is 6.31. The van der Waals surface area contributed by atoms with Crippen molar-refractivity contribution in [3.8, 4) is 11.1 Å². The molecule has 8 heteroatoms. The zero-order valence-electron chi connectivity index (χ0n) is 22.1. The Kier molecular flexibility index (Phi) is 7.51. The van der Waals surface area contributed by atoms with E-state index >= 15 is 0 Å². The average molecular weight is 579 g/mol. The van der Waals surface area contributed by atoms with E-state index in [4.69, 9.17) is 28.2 Å². The number of rotatable bonds is 7. The van der Waals surface area contributed by atoms with Crippen molar-refractivity contribution >= 4 is 40.0 Å². The maximum Gasteiger partial charge on any atom is 0.270 e. The summed E-state index contributed by atoms with van der Waals surface area (Å²) in [6.45, 7) is 0.304. The van der Waals surface area contributed by atoms with Crippen molar-refractivity contribution in [2.75, 3.05) is 0 Å². The largest absolute Gasteiger partial charge is 0.345 e. The summed E-state index contributed by atoms with van der Waals surface area (Å²) in [6, 6.07) is 29.1. The van der Waals surface area contributed by atoms with Gasteiger partial charge in [-0.15, -0.1) is 0 Å². The maximum atomic E-state index is 13.2. The number of carbonyl (C=O) groups is 1. The first-order valence-corrected chi connectivity index (χ1v) is 13.8. The fourth-order valence-corrected chi connectivity index (χ4v) is 5.35. The van der Waals surface area contributed by atoms with Gasteiger partial charge in [0.1, 0.15) is 5.69 Å². The number of halogens is 2. The third-order valence-electron chi connectivity index (χ3n) is 7.04. The second-order valence-electron chi connectivity index (χ2n) is 9.76. The Morgan fingerprint density at radius 3 is 2.46 bits per heavy atom. The number of pyridine rings is 2. The van der Waals surface area contributed by atoms with E-state index in [1.54, 1.807) is 12.5 Å². The molecule has 0 aliphatic carbocycles. The van der Waals surface area contributed by atoms with Gasteiger partial charge in [0.05, 0.1) is 30.0 Å². The van der Waals surface area contributed by atoms with E-state index < -0.39 is 0 Å². The van der Waals surface area contributed by atoms with Gasteiger partial charge in [-0.05, 0) is 76.9 Å². The number of amides is 1. The van der Waals surface area contributed by atoms with Crippen LogP contribution in [0, 0.1) is 0 Å². The Labute approximate surface area is 247 Å². The molecule has 41 heavy (non-hydrogen) atoms. The van der Waals surface area contributed by atoms with Gasteiger partial charge in [-0.1, -0.05) is 59.6 Å². The summed E-state index contributed by atoms with van der Waals surface area (Å²) in [7, 11) is 1.99. The van der Waals surface area contributed by atoms with Gasteiger partial charge in [-0.2, -0.15) is 0 Å². The molecule has 0 spiro atoms. The van der Waals surface area contributed by atoms with Crippen LogP contribution in [0.25, 0.3) is 22.0 Å². The predicted molar refractivity (Wildman–Crippen MR) is 163 cm³/mol. The van der Waals surface area contributed by atoms with E-state index in [9.17, 15) is 4.79 Å². The molecule has 6 aromatic rings. The van der Waals surface area contributed by atoms with Crippen LogP contribution in [0.15, 0.2) is 110 Å². The molecule has 6 nitrogen and oxygen atoms in total. The van der Waals surface area contributed by atoms with Crippen molar-refractivity contribution in [3.05, 3.63) is 148 Å². The van der Waals surface area contributed by atoms with Crippen LogP contribution in [0.3, 0.4) is 0 Å². The van der Waals surface area contributed by atoms with Crippen molar-refractivity contribution in [2.24, 2.45) is 7.05 Å². The van der Waals surface area contributed by atoms with E-state index in [2.05, 4.69) is 27.4 Å². The molecular weight excluding hydrogens is 553 g/mol. The highest BCUT2D eigenvalue weighted by atomic mass is 35.5. The fourth-order valence-electron chi connectivity index (χ4n) is 5.03. The number of benzene rings is 3. The average Bonchev–Trinajstić information content (AvgIpc) is 3.42. The van der Waals surface area contributed by atoms with Crippen molar-refractivity contribution in [1.82, 2.24) is 24.8 Å². The molecule has 0 radical (unpaired) electrons. The predicted octanol–water partition coefficient (Wildman–Crippen LogP) is 7.45. The zero-order chi connectivity index (χ0) is 28.3. The zero-order valence-corrected chi connectivity index (χ0v) is 23.6. The van der Waals surface area contributed by atoms with E-state index in [-0.39, 0.29) is 11.8 Å². The number of fused-ring (bicyclic) bond motifs is 1. The molecular formula is C33H25Cl2N5O. The van der Waals surface area contributed by atoms with Gasteiger partial charge in [-0.25, -0.2) is 9.97 Å². The van der Waals surface area contributed by atoms with E-state index in [1.165, 1.54) is 0 Å². The lowest BCUT2D eigenvalue weighted by Crippen LogP contribution is -2.24. The van der Waals surface area contributed by atoms with Crippen LogP contribution in [-0.2, 0) is 13.6 Å². The Bertz CT molecular complexity index is 1850. The van der Waals surface area contributed by atoms with Crippen LogP contribution in [-0.4, -0.2) is 25.4 Å². The Balaban J connectivity index is 1.48. The quantitative estimate of drug-likeness (QED) is 0.214. The summed E-state index contributed by atoms with van der Waals surface area (Å²) in [5.41, 5.74) is 6.72. The minimum atomic E-state index is -0.279. The number of carbonyl (C=O) groups excluding carboxylic acids is 1. The van der Waals surface area contributed by atoms with Crippen molar-refractivity contribution in [2.45, 2.75) is 12.5 Å². The normalized spacial score (nSPS) is 11.9. The number of hydrogen-bond acceptors (Lipinski definition) is 4. The summed E-state index contributed by atoms with van der Waals surface area (Å²) in [6.07, 6.45) is 5.39. The molecule has 1 unspecified atom stereocenters. The Morgan fingerprint density at radius 2 is 1.73 bits per heavy atom. The van der Waals surface area contributed by atoms with Gasteiger partial charge in [-0.3, -0.25) is 9.78 Å². The molecule has 1 N–H and O–H groups in total. The molecule has 0 aliphatic rings. The first-order chi connectivity index (χ1) is 20.0. The number of aromatic nitrogens is 4. The molecule has 1 atom stereocenters. The monoisotopic (exact) mass is 577 g/mol. The summed E-state index contributed by atoms with van der Waals surface area (Å²) in [4.78, 5) is 26.7. The Morgan fingerprint density at radius 1 is 0.902 bits per heavy atom. The van der Waals surface area contributed by atoms with Crippen LogP contribution < -0.4 is 5.32 Å². The molecule has 0 fully saturated rings. The second kappa shape index (κ2) is 11.5. The minimum Gasteiger partial charge on any atom is -0.345 e. The van der Waals surface area contributed by atoms with Crippen molar-refractivity contribution in [3.63, 3.8) is 0 Å². The maximum absolute atomic E-state index is 13.2. The molecule has 0 saturated heterocycles. The van der Waals surface area contributed by atoms with Gasteiger partial charge in [0.25, 0.3) is 5.91 Å². The highest BCUT2D eigenvalue weighted by Gasteiger charge is 2.22. The number of aryl methyl sites for hydroxylation is 1. The fraction of sp³-hybridized carbons (Fsp3) is 0.0909. The molecule has 202 valence electrons. The van der Waals surface area contributed by atoms with Crippen LogP contribution in [0.4, 0.5) is 0 Å². The molecule has 3 heterocycles. The lowest BCUT2D eigenvalue weighted by molar-refractivity contribution is 0.0946. The van der Waals surface area contributed by atoms with E-state index in [0.29, 0.717) is 27.8 Å². The molecule has 1 amide bonds. The lowest BCUT2D eigenvalue weighted by atomic mass is 9.87. The number of nitrogens with zero attached hydrogens (tertiary/aromatic N) is 4. The SMILES string of the molecule is Cn1cncc1C(c1ccc(Cl)cc1)c1ccc2nc(C(=O)NCc3ccccn3)cc(-c3cccc(Cl)c3)c2c1. The summed E-state index contributed by atoms with van der Waals surface area (Å²) in [5, 5.41) is 5.14.